The van der Waals surface area contributed by atoms with Crippen LogP contribution in [0.25, 0.3) is 0 Å². The third-order valence-electron chi connectivity index (χ3n) is 2.54. The van der Waals surface area contributed by atoms with Gasteiger partial charge < -0.3 is 9.64 Å². The average Bonchev–Trinajstić information content (AvgIpc) is 2.31. The lowest BCUT2D eigenvalue weighted by atomic mass is 10.2. The van der Waals surface area contributed by atoms with Crippen molar-refractivity contribution in [2.45, 2.75) is 19.1 Å². The van der Waals surface area contributed by atoms with E-state index in [2.05, 4.69) is 44.4 Å². The zero-order chi connectivity index (χ0) is 11.5. The van der Waals surface area contributed by atoms with E-state index in [1.165, 1.54) is 0 Å². The fourth-order valence-corrected chi connectivity index (χ4v) is 2.11. The molecule has 6 heteroatoms. The highest BCUT2D eigenvalue weighted by atomic mass is 127. The van der Waals surface area contributed by atoms with Crippen molar-refractivity contribution >= 4 is 40.1 Å². The van der Waals surface area contributed by atoms with Gasteiger partial charge in [-0.05, 0) is 29.5 Å². The fraction of sp³-hybridized carbons (Fsp3) is 0.600. The minimum absolute atomic E-state index is 0.0701. The SMILES string of the molecule is CC1COC(CCl)CN1c1ncc(I)cn1. The van der Waals surface area contributed by atoms with Crippen LogP contribution in [0.4, 0.5) is 5.95 Å². The second kappa shape index (κ2) is 5.46. The van der Waals surface area contributed by atoms with E-state index >= 15 is 0 Å². The van der Waals surface area contributed by atoms with Gasteiger partial charge in [-0.3, -0.25) is 0 Å². The zero-order valence-corrected chi connectivity index (χ0v) is 11.8. The van der Waals surface area contributed by atoms with Gasteiger partial charge in [0.15, 0.2) is 0 Å². The molecule has 1 fully saturated rings. The summed E-state index contributed by atoms with van der Waals surface area (Å²) in [5.74, 6) is 1.26. The van der Waals surface area contributed by atoms with Crippen molar-refractivity contribution in [3.63, 3.8) is 0 Å². The summed E-state index contributed by atoms with van der Waals surface area (Å²) in [6.45, 7) is 3.53. The minimum Gasteiger partial charge on any atom is -0.373 e. The molecule has 1 aliphatic heterocycles. The molecular formula is C10H13ClIN3O. The number of morpholine rings is 1. The molecule has 1 aromatic heterocycles. The van der Waals surface area contributed by atoms with Crippen LogP contribution in [0, 0.1) is 3.57 Å². The number of hydrogen-bond donors (Lipinski definition) is 0. The quantitative estimate of drug-likeness (QED) is 0.601. The summed E-state index contributed by atoms with van der Waals surface area (Å²) in [5, 5.41) is 0. The van der Waals surface area contributed by atoms with Crippen LogP contribution < -0.4 is 4.90 Å². The maximum absolute atomic E-state index is 5.81. The molecule has 0 amide bonds. The van der Waals surface area contributed by atoms with Gasteiger partial charge in [-0.1, -0.05) is 0 Å². The van der Waals surface area contributed by atoms with Crippen molar-refractivity contribution < 1.29 is 4.74 Å². The lowest BCUT2D eigenvalue weighted by molar-refractivity contribution is 0.0358. The smallest absolute Gasteiger partial charge is 0.225 e. The molecule has 0 spiro atoms. The second-order valence-electron chi connectivity index (χ2n) is 3.81. The van der Waals surface area contributed by atoms with E-state index < -0.39 is 0 Å². The van der Waals surface area contributed by atoms with E-state index in [1.807, 2.05) is 12.4 Å². The Balaban J connectivity index is 2.14. The first-order chi connectivity index (χ1) is 7.70. The molecule has 2 rings (SSSR count). The third kappa shape index (κ3) is 2.75. The molecule has 2 heterocycles. The third-order valence-corrected chi connectivity index (χ3v) is 3.44. The van der Waals surface area contributed by atoms with Gasteiger partial charge in [-0.2, -0.15) is 0 Å². The molecule has 0 saturated carbocycles. The van der Waals surface area contributed by atoms with E-state index in [-0.39, 0.29) is 6.10 Å². The van der Waals surface area contributed by atoms with Crippen LogP contribution in [-0.2, 0) is 4.74 Å². The van der Waals surface area contributed by atoms with Crippen LogP contribution in [0.15, 0.2) is 12.4 Å². The molecule has 1 aliphatic rings. The Kier molecular flexibility index (Phi) is 4.21. The Morgan fingerprint density at radius 3 is 2.88 bits per heavy atom. The lowest BCUT2D eigenvalue weighted by Crippen LogP contribution is -2.49. The Morgan fingerprint density at radius 1 is 1.56 bits per heavy atom. The summed E-state index contributed by atoms with van der Waals surface area (Å²) in [6.07, 6.45) is 3.71. The van der Waals surface area contributed by atoms with Gasteiger partial charge in [0.1, 0.15) is 0 Å². The molecule has 0 radical (unpaired) electrons. The number of anilines is 1. The summed E-state index contributed by atoms with van der Waals surface area (Å²) < 4.78 is 6.62. The van der Waals surface area contributed by atoms with Gasteiger partial charge in [0.05, 0.1) is 24.6 Å². The second-order valence-corrected chi connectivity index (χ2v) is 5.37. The zero-order valence-electron chi connectivity index (χ0n) is 8.94. The van der Waals surface area contributed by atoms with Crippen molar-refractivity contribution in [1.29, 1.82) is 0 Å². The predicted octanol–water partition coefficient (Wildman–Crippen LogP) is 1.91. The Hall–Kier alpha value is -0.140. The van der Waals surface area contributed by atoms with Crippen LogP contribution in [-0.4, -0.2) is 41.1 Å². The van der Waals surface area contributed by atoms with E-state index in [0.29, 0.717) is 18.5 Å². The number of ether oxygens (including phenoxy) is 1. The molecule has 0 aliphatic carbocycles. The molecule has 16 heavy (non-hydrogen) atoms. The number of aromatic nitrogens is 2. The predicted molar refractivity (Wildman–Crippen MR) is 72.0 cm³/mol. The highest BCUT2D eigenvalue weighted by Crippen LogP contribution is 2.18. The van der Waals surface area contributed by atoms with Crippen molar-refractivity contribution in [2.24, 2.45) is 0 Å². The van der Waals surface area contributed by atoms with Crippen molar-refractivity contribution in [2.75, 3.05) is 23.9 Å². The summed E-state index contributed by atoms with van der Waals surface area (Å²) >= 11 is 8.01. The van der Waals surface area contributed by atoms with Gasteiger partial charge in [0, 0.05) is 22.5 Å². The van der Waals surface area contributed by atoms with Crippen LogP contribution in [0.3, 0.4) is 0 Å². The summed E-state index contributed by atoms with van der Waals surface area (Å²) in [7, 11) is 0. The van der Waals surface area contributed by atoms with Crippen LogP contribution in [0.5, 0.6) is 0 Å². The highest BCUT2D eigenvalue weighted by Gasteiger charge is 2.27. The van der Waals surface area contributed by atoms with Crippen LogP contribution in [0.1, 0.15) is 6.92 Å². The molecule has 1 aromatic rings. The largest absolute Gasteiger partial charge is 0.373 e. The highest BCUT2D eigenvalue weighted by molar-refractivity contribution is 14.1. The molecule has 88 valence electrons. The first-order valence-corrected chi connectivity index (χ1v) is 6.73. The number of alkyl halides is 1. The molecule has 2 unspecified atom stereocenters. The first-order valence-electron chi connectivity index (χ1n) is 5.12. The molecule has 2 atom stereocenters. The number of nitrogens with zero attached hydrogens (tertiary/aromatic N) is 3. The van der Waals surface area contributed by atoms with Crippen LogP contribution in [0.2, 0.25) is 0 Å². The molecular weight excluding hydrogens is 340 g/mol. The number of rotatable bonds is 2. The fourth-order valence-electron chi connectivity index (χ4n) is 1.64. The van der Waals surface area contributed by atoms with E-state index in [4.69, 9.17) is 16.3 Å². The van der Waals surface area contributed by atoms with Gasteiger partial charge in [0.25, 0.3) is 0 Å². The summed E-state index contributed by atoms with van der Waals surface area (Å²) in [4.78, 5) is 10.8. The van der Waals surface area contributed by atoms with Crippen molar-refractivity contribution in [3.8, 4) is 0 Å². The van der Waals surface area contributed by atoms with Crippen LogP contribution >= 0.6 is 34.2 Å². The normalized spacial score (nSPS) is 25.8. The molecule has 0 bridgehead atoms. The summed E-state index contributed by atoms with van der Waals surface area (Å²) in [5.41, 5.74) is 0. The number of halogens is 2. The Bertz CT molecular complexity index is 348. The Morgan fingerprint density at radius 2 is 2.25 bits per heavy atom. The van der Waals surface area contributed by atoms with Gasteiger partial charge in [0.2, 0.25) is 5.95 Å². The van der Waals surface area contributed by atoms with Gasteiger partial charge >= 0.3 is 0 Å². The molecule has 4 nitrogen and oxygen atoms in total. The number of hydrogen-bond acceptors (Lipinski definition) is 4. The molecule has 0 N–H and O–H groups in total. The standard InChI is InChI=1S/C10H13ClIN3O/c1-7-6-16-9(2-11)5-15(7)10-13-3-8(12)4-14-10/h3-4,7,9H,2,5-6H2,1H3. The maximum Gasteiger partial charge on any atom is 0.225 e. The average molecular weight is 354 g/mol. The van der Waals surface area contributed by atoms with E-state index in [0.717, 1.165) is 16.1 Å². The molecule has 1 saturated heterocycles. The lowest BCUT2D eigenvalue weighted by Gasteiger charge is -2.37. The van der Waals surface area contributed by atoms with Crippen molar-refractivity contribution in [1.82, 2.24) is 9.97 Å². The van der Waals surface area contributed by atoms with E-state index in [1.54, 1.807) is 0 Å². The topological polar surface area (TPSA) is 38.2 Å². The Labute approximate surface area is 113 Å². The van der Waals surface area contributed by atoms with Gasteiger partial charge in [-0.25, -0.2) is 9.97 Å². The maximum atomic E-state index is 5.81. The monoisotopic (exact) mass is 353 g/mol. The molecule has 0 aromatic carbocycles. The minimum atomic E-state index is 0.0701. The van der Waals surface area contributed by atoms with Crippen molar-refractivity contribution in [3.05, 3.63) is 16.0 Å². The summed E-state index contributed by atoms with van der Waals surface area (Å²) in [6, 6.07) is 0.291. The van der Waals surface area contributed by atoms with Gasteiger partial charge in [-0.15, -0.1) is 11.6 Å². The first kappa shape index (κ1) is 12.3. The van der Waals surface area contributed by atoms with E-state index in [9.17, 15) is 0 Å².